The molecule has 406 valence electrons. The van der Waals surface area contributed by atoms with Crippen LogP contribution in [0.1, 0.15) is 218 Å². The van der Waals surface area contributed by atoms with Gasteiger partial charge in [-0.25, -0.2) is 4.57 Å². The Morgan fingerprint density at radius 1 is 0.465 bits per heavy atom. The maximum atomic E-state index is 12.4. The van der Waals surface area contributed by atoms with Crippen LogP contribution in [-0.4, -0.2) is 69.2 Å². The third-order valence-corrected chi connectivity index (χ3v) is 14.4. The van der Waals surface area contributed by atoms with Crippen LogP contribution in [-0.2, 0) is 18.3 Å². The highest BCUT2D eigenvalue weighted by atomic mass is 31.2. The molecule has 9 nitrogen and oxygen atoms in total. The fraction of sp³-hybridized carbons (Fsp3) is 0.672. The summed E-state index contributed by atoms with van der Waals surface area (Å²) in [6.07, 6.45) is 38.4. The van der Waals surface area contributed by atoms with Crippen molar-refractivity contribution in [2.24, 2.45) is 5.92 Å². The zero-order chi connectivity index (χ0) is 53.2. The molecule has 0 radical (unpaired) electrons. The first-order valence-corrected chi connectivity index (χ1v) is 28.6. The summed E-state index contributed by atoms with van der Waals surface area (Å²) in [6, 6.07) is 0. The Balaban J connectivity index is 2.24. The lowest BCUT2D eigenvalue weighted by Gasteiger charge is -2.39. The van der Waals surface area contributed by atoms with Crippen LogP contribution >= 0.6 is 7.82 Å². The SMILES string of the molecule is CC(C)=CCC/C(C)=C/CC/C(C)=C/CC/C(C)=C\CC/C(C)=C/CC/C(C)=C/CC/C(C)=C/CC/C(C)=C/CC/C(C)=C\CC/C(C)=C/CC[C@@H](C)CCOP(=O)(O)O[C@@H]1O[C@H](CO)[C@@H](O)[C@H](O)[C@@H]1O. The van der Waals surface area contributed by atoms with Gasteiger partial charge in [0, 0.05) is 0 Å². The molecule has 1 rings (SSSR count). The van der Waals surface area contributed by atoms with Crippen LogP contribution < -0.4 is 0 Å². The molecule has 0 aromatic carbocycles. The van der Waals surface area contributed by atoms with E-state index in [0.29, 0.717) is 6.42 Å². The molecule has 0 saturated carbocycles. The molecule has 1 saturated heterocycles. The number of phosphoric acid groups is 1. The lowest BCUT2D eigenvalue weighted by molar-refractivity contribution is -0.281. The summed E-state index contributed by atoms with van der Waals surface area (Å²) in [7, 11) is -4.63. The first kappa shape index (κ1) is 66.3. The highest BCUT2D eigenvalue weighted by molar-refractivity contribution is 7.47. The van der Waals surface area contributed by atoms with E-state index in [-0.39, 0.29) is 12.5 Å². The molecule has 0 aromatic heterocycles. The summed E-state index contributed by atoms with van der Waals surface area (Å²) in [5.74, 6) is 0.229. The molecule has 1 aliphatic rings. The summed E-state index contributed by atoms with van der Waals surface area (Å²) in [5, 5.41) is 39.1. The number of aliphatic hydroxyl groups is 4. The Morgan fingerprint density at radius 3 is 1.06 bits per heavy atom. The fourth-order valence-electron chi connectivity index (χ4n) is 8.32. The Hall–Kier alpha value is -2.69. The maximum absolute atomic E-state index is 12.4. The minimum atomic E-state index is -4.63. The number of aliphatic hydroxyl groups excluding tert-OH is 4. The lowest BCUT2D eigenvalue weighted by atomic mass is 10.00. The topological polar surface area (TPSA) is 146 Å². The first-order valence-electron chi connectivity index (χ1n) is 27.1. The minimum Gasteiger partial charge on any atom is -0.394 e. The molecule has 1 heterocycles. The van der Waals surface area contributed by atoms with Gasteiger partial charge in [-0.2, -0.15) is 0 Å². The van der Waals surface area contributed by atoms with Gasteiger partial charge in [0.05, 0.1) is 13.2 Å². The van der Waals surface area contributed by atoms with E-state index in [1.165, 1.54) is 68.6 Å². The molecule has 5 N–H and O–H groups in total. The molecule has 71 heavy (non-hydrogen) atoms. The van der Waals surface area contributed by atoms with Crippen LogP contribution in [0.15, 0.2) is 116 Å². The predicted octanol–water partition coefficient (Wildman–Crippen LogP) is 16.2. The van der Waals surface area contributed by atoms with E-state index in [2.05, 4.69) is 137 Å². The lowest BCUT2D eigenvalue weighted by Crippen LogP contribution is -2.58. The number of hydrogen-bond acceptors (Lipinski definition) is 8. The van der Waals surface area contributed by atoms with Crippen LogP contribution in [0.4, 0.5) is 0 Å². The second-order valence-corrected chi connectivity index (χ2v) is 22.6. The zero-order valence-corrected chi connectivity index (χ0v) is 47.7. The number of hydrogen-bond donors (Lipinski definition) is 5. The molecule has 7 atom stereocenters. The maximum Gasteiger partial charge on any atom is 0.474 e. The van der Waals surface area contributed by atoms with Crippen LogP contribution in [0.25, 0.3) is 0 Å². The Labute approximate surface area is 434 Å². The summed E-state index contributed by atoms with van der Waals surface area (Å²) in [4.78, 5) is 10.1. The van der Waals surface area contributed by atoms with E-state index in [0.717, 1.165) is 116 Å². The van der Waals surface area contributed by atoms with Gasteiger partial charge in [0.1, 0.15) is 24.4 Å². The van der Waals surface area contributed by atoms with E-state index in [9.17, 15) is 29.9 Å². The summed E-state index contributed by atoms with van der Waals surface area (Å²) in [6.45, 7) is 26.0. The Kier molecular flexibility index (Phi) is 36.3. The molecular formula is C61H103O9P. The van der Waals surface area contributed by atoms with Crippen molar-refractivity contribution in [2.45, 2.75) is 249 Å². The number of phosphoric ester groups is 1. The summed E-state index contributed by atoms with van der Waals surface area (Å²) < 4.78 is 27.5. The van der Waals surface area contributed by atoms with Crippen molar-refractivity contribution in [2.75, 3.05) is 13.2 Å². The molecule has 0 aliphatic carbocycles. The molecule has 1 fully saturated rings. The van der Waals surface area contributed by atoms with Crippen molar-refractivity contribution in [3.63, 3.8) is 0 Å². The second kappa shape index (κ2) is 38.8. The van der Waals surface area contributed by atoms with Crippen LogP contribution in [0.2, 0.25) is 0 Å². The van der Waals surface area contributed by atoms with Gasteiger partial charge in [0.15, 0.2) is 6.29 Å². The van der Waals surface area contributed by atoms with E-state index < -0.39 is 45.1 Å². The molecule has 0 aromatic rings. The quantitative estimate of drug-likeness (QED) is 0.0303. The molecule has 0 spiro atoms. The van der Waals surface area contributed by atoms with Gasteiger partial charge in [-0.05, 0) is 217 Å². The molecular weight excluding hydrogens is 908 g/mol. The van der Waals surface area contributed by atoms with Gasteiger partial charge in [-0.15, -0.1) is 0 Å². The van der Waals surface area contributed by atoms with Crippen molar-refractivity contribution < 1.29 is 43.7 Å². The number of allylic oxidation sites excluding steroid dienone is 20. The Bertz CT molecular complexity index is 1870. The molecule has 1 aliphatic heterocycles. The van der Waals surface area contributed by atoms with Crippen molar-refractivity contribution in [3.05, 3.63) is 116 Å². The zero-order valence-electron chi connectivity index (χ0n) is 46.8. The summed E-state index contributed by atoms with van der Waals surface area (Å²) >= 11 is 0. The molecule has 0 amide bonds. The van der Waals surface area contributed by atoms with Crippen molar-refractivity contribution >= 4 is 7.82 Å². The third-order valence-electron chi connectivity index (χ3n) is 13.4. The van der Waals surface area contributed by atoms with Crippen molar-refractivity contribution in [1.82, 2.24) is 0 Å². The average Bonchev–Trinajstić information content (AvgIpc) is 3.29. The predicted molar refractivity (Wildman–Crippen MR) is 300 cm³/mol. The third kappa shape index (κ3) is 34.4. The summed E-state index contributed by atoms with van der Waals surface area (Å²) in [5.41, 5.74) is 14.7. The van der Waals surface area contributed by atoms with Crippen molar-refractivity contribution in [1.29, 1.82) is 0 Å². The highest BCUT2D eigenvalue weighted by Crippen LogP contribution is 2.46. The van der Waals surface area contributed by atoms with Gasteiger partial charge < -0.3 is 30.1 Å². The molecule has 0 bridgehead atoms. The van der Waals surface area contributed by atoms with E-state index >= 15 is 0 Å². The normalized spacial score (nSPS) is 22.0. The second-order valence-electron chi connectivity index (χ2n) is 21.2. The molecule has 1 unspecified atom stereocenters. The number of rotatable bonds is 37. The monoisotopic (exact) mass is 1010 g/mol. The van der Waals surface area contributed by atoms with E-state index in [1.54, 1.807) is 0 Å². The van der Waals surface area contributed by atoms with Crippen LogP contribution in [0, 0.1) is 5.92 Å². The van der Waals surface area contributed by atoms with E-state index in [1.807, 2.05) is 6.92 Å². The van der Waals surface area contributed by atoms with Crippen LogP contribution in [0.3, 0.4) is 0 Å². The Morgan fingerprint density at radius 2 is 0.761 bits per heavy atom. The standard InChI is InChI=1S/C61H103O9P/c1-46(2)23-13-24-47(3)25-14-26-48(4)27-15-28-49(5)29-16-30-50(6)31-17-32-51(7)33-18-34-52(8)35-19-36-53(9)37-20-38-54(10)39-21-40-55(11)41-22-42-56(12)43-44-68-71(66,67)70-61-60(65)59(64)58(63)57(45-62)69-61/h23,25,27,29,31,33,35,37,39,41,56-65H,13-22,24,26,28,30,32,34,36,38,40,42-45H2,1-12H3,(H,66,67)/b47-25+,48-27+,49-29-,50-31+,51-33+,52-35+,53-37+,54-39-,55-41+/t56-,57-,58-,59+,60+,61+/m1/s1. The fourth-order valence-corrected chi connectivity index (χ4v) is 9.15. The van der Waals surface area contributed by atoms with Gasteiger partial charge in [0.2, 0.25) is 0 Å². The molecule has 10 heteroatoms. The van der Waals surface area contributed by atoms with Crippen LogP contribution in [0.5, 0.6) is 0 Å². The van der Waals surface area contributed by atoms with Crippen molar-refractivity contribution in [3.8, 4) is 0 Å². The largest absolute Gasteiger partial charge is 0.474 e. The smallest absolute Gasteiger partial charge is 0.394 e. The van der Waals surface area contributed by atoms with E-state index in [4.69, 9.17) is 13.8 Å². The van der Waals surface area contributed by atoms with Gasteiger partial charge in [-0.1, -0.05) is 123 Å². The van der Waals surface area contributed by atoms with Gasteiger partial charge in [0.25, 0.3) is 0 Å². The van der Waals surface area contributed by atoms with Gasteiger partial charge in [-0.3, -0.25) is 9.05 Å². The highest BCUT2D eigenvalue weighted by Gasteiger charge is 2.46. The average molecular weight is 1010 g/mol. The minimum absolute atomic E-state index is 0.0448. The first-order chi connectivity index (χ1) is 33.6. The number of ether oxygens (including phenoxy) is 1. The van der Waals surface area contributed by atoms with Gasteiger partial charge >= 0.3 is 7.82 Å².